The topological polar surface area (TPSA) is 68.7 Å². The van der Waals surface area contributed by atoms with E-state index in [9.17, 15) is 9.90 Å². The Morgan fingerprint density at radius 2 is 2.16 bits per heavy atom. The second kappa shape index (κ2) is 5.57. The second-order valence-electron chi connectivity index (χ2n) is 5.01. The molecule has 5 heteroatoms. The van der Waals surface area contributed by atoms with Crippen molar-refractivity contribution in [3.63, 3.8) is 0 Å². The van der Waals surface area contributed by atoms with E-state index in [1.165, 1.54) is 0 Å². The van der Waals surface area contributed by atoms with Crippen LogP contribution in [0.25, 0.3) is 0 Å². The number of nitrogens with zero attached hydrogens (tertiary/aromatic N) is 1. The molecular formula is C14H19NO4. The molecule has 2 rings (SSSR count). The van der Waals surface area contributed by atoms with Crippen molar-refractivity contribution in [2.24, 2.45) is 5.41 Å². The lowest BCUT2D eigenvalue weighted by Gasteiger charge is -2.32. The van der Waals surface area contributed by atoms with Gasteiger partial charge >= 0.3 is 5.97 Å². The van der Waals surface area contributed by atoms with Gasteiger partial charge in [-0.05, 0) is 19.8 Å². The quantitative estimate of drug-likeness (QED) is 0.899. The lowest BCUT2D eigenvalue weighted by atomic mass is 9.76. The van der Waals surface area contributed by atoms with Crippen LogP contribution in [-0.4, -0.2) is 36.4 Å². The standard InChI is InChI=1S/C14H19NO4/c1-10-7-12(18-2)8-11(15-10)9-14(13(16)17)3-5-19-6-4-14/h7-8H,3-6,9H2,1-2H3,(H,16,17). The first-order valence-electron chi connectivity index (χ1n) is 6.38. The van der Waals surface area contributed by atoms with Crippen LogP contribution in [0.15, 0.2) is 12.1 Å². The molecule has 2 heterocycles. The van der Waals surface area contributed by atoms with Crippen molar-refractivity contribution in [1.29, 1.82) is 0 Å². The maximum Gasteiger partial charge on any atom is 0.310 e. The summed E-state index contributed by atoms with van der Waals surface area (Å²) in [6.07, 6.45) is 1.48. The van der Waals surface area contributed by atoms with Crippen LogP contribution < -0.4 is 4.74 Å². The molecule has 1 aromatic heterocycles. The van der Waals surface area contributed by atoms with Gasteiger partial charge in [-0.3, -0.25) is 9.78 Å². The Morgan fingerprint density at radius 3 is 2.74 bits per heavy atom. The Hall–Kier alpha value is -1.62. The van der Waals surface area contributed by atoms with E-state index in [4.69, 9.17) is 9.47 Å². The third kappa shape index (κ3) is 3.04. The molecule has 0 saturated carbocycles. The number of pyridine rings is 1. The molecule has 1 aromatic rings. The highest BCUT2D eigenvalue weighted by molar-refractivity contribution is 5.75. The molecule has 0 radical (unpaired) electrons. The fraction of sp³-hybridized carbons (Fsp3) is 0.571. The third-order valence-corrected chi connectivity index (χ3v) is 3.64. The summed E-state index contributed by atoms with van der Waals surface area (Å²) in [5, 5.41) is 9.53. The van der Waals surface area contributed by atoms with E-state index in [1.807, 2.05) is 19.1 Å². The van der Waals surface area contributed by atoms with Gasteiger partial charge in [-0.15, -0.1) is 0 Å². The van der Waals surface area contributed by atoms with Crippen LogP contribution in [0.2, 0.25) is 0 Å². The number of carboxylic acid groups (broad SMARTS) is 1. The van der Waals surface area contributed by atoms with E-state index in [2.05, 4.69) is 4.98 Å². The number of carboxylic acids is 1. The largest absolute Gasteiger partial charge is 0.497 e. The molecule has 1 fully saturated rings. The third-order valence-electron chi connectivity index (χ3n) is 3.64. The van der Waals surface area contributed by atoms with Gasteiger partial charge in [-0.1, -0.05) is 0 Å². The van der Waals surface area contributed by atoms with Gasteiger partial charge in [0.05, 0.1) is 12.5 Å². The van der Waals surface area contributed by atoms with E-state index in [0.29, 0.717) is 32.5 Å². The fourth-order valence-electron chi connectivity index (χ4n) is 2.49. The molecule has 1 aliphatic rings. The number of hydrogen-bond donors (Lipinski definition) is 1. The molecule has 0 unspecified atom stereocenters. The Morgan fingerprint density at radius 1 is 1.47 bits per heavy atom. The van der Waals surface area contributed by atoms with Gasteiger partial charge < -0.3 is 14.6 Å². The summed E-state index contributed by atoms with van der Waals surface area (Å²) in [7, 11) is 1.60. The molecule has 0 spiro atoms. The Bertz CT molecular complexity index is 467. The number of aryl methyl sites for hydroxylation is 1. The minimum absolute atomic E-state index is 0.420. The minimum Gasteiger partial charge on any atom is -0.497 e. The van der Waals surface area contributed by atoms with Gasteiger partial charge in [-0.2, -0.15) is 0 Å². The predicted molar refractivity (Wildman–Crippen MR) is 69.4 cm³/mol. The monoisotopic (exact) mass is 265 g/mol. The van der Waals surface area contributed by atoms with Crippen LogP contribution in [0.5, 0.6) is 5.75 Å². The molecule has 0 atom stereocenters. The lowest BCUT2D eigenvalue weighted by Crippen LogP contribution is -2.39. The summed E-state index contributed by atoms with van der Waals surface area (Å²) in [5.74, 6) is -0.0480. The van der Waals surface area contributed by atoms with E-state index >= 15 is 0 Å². The zero-order valence-corrected chi connectivity index (χ0v) is 11.3. The molecule has 104 valence electrons. The van der Waals surface area contributed by atoms with Crippen molar-refractivity contribution in [2.45, 2.75) is 26.2 Å². The van der Waals surface area contributed by atoms with Crippen molar-refractivity contribution in [3.05, 3.63) is 23.5 Å². The summed E-state index contributed by atoms with van der Waals surface area (Å²) in [6, 6.07) is 3.65. The minimum atomic E-state index is -0.766. The first kappa shape index (κ1) is 13.8. The molecule has 1 N–H and O–H groups in total. The Balaban J connectivity index is 2.26. The second-order valence-corrected chi connectivity index (χ2v) is 5.01. The molecule has 0 aliphatic carbocycles. The van der Waals surface area contributed by atoms with Crippen LogP contribution in [0.1, 0.15) is 24.2 Å². The number of aromatic nitrogens is 1. The molecular weight excluding hydrogens is 246 g/mol. The van der Waals surface area contributed by atoms with Gasteiger partial charge in [0, 0.05) is 43.2 Å². The van der Waals surface area contributed by atoms with E-state index in [-0.39, 0.29) is 0 Å². The summed E-state index contributed by atoms with van der Waals surface area (Å²) in [6.45, 7) is 2.87. The molecule has 0 bridgehead atoms. The van der Waals surface area contributed by atoms with Crippen molar-refractivity contribution in [2.75, 3.05) is 20.3 Å². The molecule has 19 heavy (non-hydrogen) atoms. The number of ether oxygens (including phenoxy) is 2. The first-order chi connectivity index (χ1) is 9.05. The average Bonchev–Trinajstić information content (AvgIpc) is 2.38. The molecule has 0 amide bonds. The molecule has 5 nitrogen and oxygen atoms in total. The highest BCUT2D eigenvalue weighted by Gasteiger charge is 2.40. The Labute approximate surface area is 112 Å². The van der Waals surface area contributed by atoms with Gasteiger partial charge in [0.25, 0.3) is 0 Å². The van der Waals surface area contributed by atoms with Crippen molar-refractivity contribution in [3.8, 4) is 5.75 Å². The van der Waals surface area contributed by atoms with Gasteiger partial charge in [0.2, 0.25) is 0 Å². The highest BCUT2D eigenvalue weighted by Crippen LogP contribution is 2.35. The van der Waals surface area contributed by atoms with Crippen LogP contribution in [0.4, 0.5) is 0 Å². The van der Waals surface area contributed by atoms with E-state index in [1.54, 1.807) is 7.11 Å². The van der Waals surface area contributed by atoms with Crippen LogP contribution in [0, 0.1) is 12.3 Å². The SMILES string of the molecule is COc1cc(C)nc(CC2(C(=O)O)CCOCC2)c1. The summed E-state index contributed by atoms with van der Waals surface area (Å²) < 4.78 is 10.5. The number of carbonyl (C=O) groups is 1. The maximum atomic E-state index is 11.6. The van der Waals surface area contributed by atoms with Gasteiger partial charge in [-0.25, -0.2) is 0 Å². The molecule has 1 aliphatic heterocycles. The normalized spacial score (nSPS) is 18.0. The highest BCUT2D eigenvalue weighted by atomic mass is 16.5. The Kier molecular flexibility index (Phi) is 4.04. The number of hydrogen-bond acceptors (Lipinski definition) is 4. The van der Waals surface area contributed by atoms with Crippen LogP contribution in [0.3, 0.4) is 0 Å². The summed E-state index contributed by atoms with van der Waals surface area (Å²) >= 11 is 0. The maximum absolute atomic E-state index is 11.6. The number of aliphatic carboxylic acids is 1. The predicted octanol–water partition coefficient (Wildman–Crippen LogP) is 1.82. The van der Waals surface area contributed by atoms with Crippen molar-refractivity contribution >= 4 is 5.97 Å². The molecule has 0 aromatic carbocycles. The zero-order chi connectivity index (χ0) is 13.9. The number of rotatable bonds is 4. The van der Waals surface area contributed by atoms with Gasteiger partial charge in [0.15, 0.2) is 0 Å². The summed E-state index contributed by atoms with van der Waals surface area (Å²) in [5.41, 5.74) is 0.840. The fourth-order valence-corrected chi connectivity index (χ4v) is 2.49. The summed E-state index contributed by atoms with van der Waals surface area (Å²) in [4.78, 5) is 16.0. The van der Waals surface area contributed by atoms with E-state index in [0.717, 1.165) is 17.1 Å². The number of methoxy groups -OCH3 is 1. The lowest BCUT2D eigenvalue weighted by molar-refractivity contribution is -0.154. The average molecular weight is 265 g/mol. The van der Waals surface area contributed by atoms with Crippen LogP contribution in [-0.2, 0) is 16.0 Å². The van der Waals surface area contributed by atoms with Crippen molar-refractivity contribution in [1.82, 2.24) is 4.98 Å². The van der Waals surface area contributed by atoms with Crippen molar-refractivity contribution < 1.29 is 19.4 Å². The van der Waals surface area contributed by atoms with E-state index < -0.39 is 11.4 Å². The molecule has 1 saturated heterocycles. The first-order valence-corrected chi connectivity index (χ1v) is 6.38. The zero-order valence-electron chi connectivity index (χ0n) is 11.3. The van der Waals surface area contributed by atoms with Crippen LogP contribution >= 0.6 is 0 Å². The van der Waals surface area contributed by atoms with Gasteiger partial charge in [0.1, 0.15) is 5.75 Å². The smallest absolute Gasteiger partial charge is 0.310 e.